The first-order valence-corrected chi connectivity index (χ1v) is 6.66. The first-order valence-electron chi connectivity index (χ1n) is 6.66. The molecule has 0 aromatic carbocycles. The highest BCUT2D eigenvalue weighted by Gasteiger charge is 2.26. The summed E-state index contributed by atoms with van der Waals surface area (Å²) in [5.74, 6) is 0.910. The molecule has 0 bridgehead atoms. The molecule has 21 heavy (non-hydrogen) atoms. The Morgan fingerprint density at radius 1 is 1.43 bits per heavy atom. The van der Waals surface area contributed by atoms with Crippen molar-refractivity contribution >= 4 is 17.3 Å². The van der Waals surface area contributed by atoms with Crippen LogP contribution in [0, 0.1) is 10.1 Å². The van der Waals surface area contributed by atoms with Crippen molar-refractivity contribution < 1.29 is 4.92 Å². The van der Waals surface area contributed by atoms with E-state index in [2.05, 4.69) is 15.5 Å². The van der Waals surface area contributed by atoms with Gasteiger partial charge in [0, 0.05) is 26.2 Å². The normalized spacial score (nSPS) is 10.8. The van der Waals surface area contributed by atoms with Crippen molar-refractivity contribution in [3.05, 3.63) is 27.6 Å². The molecule has 2 aromatic heterocycles. The van der Waals surface area contributed by atoms with Gasteiger partial charge < -0.3 is 11.1 Å². The maximum absolute atomic E-state index is 11.3. The summed E-state index contributed by atoms with van der Waals surface area (Å²) >= 11 is 0. The van der Waals surface area contributed by atoms with Crippen LogP contribution in [0.25, 0.3) is 0 Å². The predicted octanol–water partition coefficient (Wildman–Crippen LogP) is 1.21. The van der Waals surface area contributed by atoms with Gasteiger partial charge in [-0.1, -0.05) is 13.3 Å². The first kappa shape index (κ1) is 14.8. The Morgan fingerprint density at radius 3 is 2.67 bits per heavy atom. The summed E-state index contributed by atoms with van der Waals surface area (Å²) in [7, 11) is 3.42. The topological polar surface area (TPSA) is 117 Å². The number of aryl methyl sites for hydroxylation is 3. The second kappa shape index (κ2) is 5.81. The van der Waals surface area contributed by atoms with Crippen molar-refractivity contribution in [3.8, 4) is 0 Å². The van der Waals surface area contributed by atoms with Crippen molar-refractivity contribution in [1.82, 2.24) is 19.6 Å². The lowest BCUT2D eigenvalue weighted by atomic mass is 10.2. The Kier molecular flexibility index (Phi) is 4.10. The molecule has 0 saturated heterocycles. The Labute approximate surface area is 121 Å². The SMILES string of the molecule is CCCc1nn(C)c(NCc2cnn(C)c2N)c1[N+](=O)[O-]. The van der Waals surface area contributed by atoms with Gasteiger partial charge in [0.2, 0.25) is 5.82 Å². The van der Waals surface area contributed by atoms with E-state index in [9.17, 15) is 10.1 Å². The Balaban J connectivity index is 2.27. The average Bonchev–Trinajstić information content (AvgIpc) is 2.90. The van der Waals surface area contributed by atoms with Gasteiger partial charge in [0.25, 0.3) is 0 Å². The highest BCUT2D eigenvalue weighted by Crippen LogP contribution is 2.29. The third-order valence-electron chi connectivity index (χ3n) is 3.27. The van der Waals surface area contributed by atoms with Crippen LogP contribution < -0.4 is 11.1 Å². The maximum Gasteiger partial charge on any atom is 0.334 e. The number of hydrogen-bond donors (Lipinski definition) is 2. The number of nitro groups is 1. The molecule has 3 N–H and O–H groups in total. The number of nitrogens with one attached hydrogen (secondary N) is 1. The third-order valence-corrected chi connectivity index (χ3v) is 3.27. The maximum atomic E-state index is 11.3. The van der Waals surface area contributed by atoms with Gasteiger partial charge in [-0.25, -0.2) is 4.68 Å². The Morgan fingerprint density at radius 2 is 2.14 bits per heavy atom. The number of anilines is 2. The monoisotopic (exact) mass is 293 g/mol. The van der Waals surface area contributed by atoms with E-state index in [4.69, 9.17) is 5.73 Å². The van der Waals surface area contributed by atoms with E-state index in [1.165, 1.54) is 4.68 Å². The molecule has 0 aliphatic carbocycles. The largest absolute Gasteiger partial charge is 0.384 e. The van der Waals surface area contributed by atoms with E-state index in [1.807, 2.05) is 6.92 Å². The summed E-state index contributed by atoms with van der Waals surface area (Å²) in [6.45, 7) is 2.31. The number of nitrogen functional groups attached to an aromatic ring is 1. The molecule has 0 aliphatic heterocycles. The summed E-state index contributed by atoms with van der Waals surface area (Å²) in [4.78, 5) is 10.9. The number of rotatable bonds is 6. The Bertz CT molecular complexity index is 659. The fraction of sp³-hybridized carbons (Fsp3) is 0.500. The third kappa shape index (κ3) is 2.81. The molecular weight excluding hydrogens is 274 g/mol. The van der Waals surface area contributed by atoms with Crippen LogP contribution >= 0.6 is 0 Å². The number of aromatic nitrogens is 4. The van der Waals surface area contributed by atoms with Crippen LogP contribution in [-0.2, 0) is 27.1 Å². The van der Waals surface area contributed by atoms with Crippen molar-refractivity contribution in [2.75, 3.05) is 11.1 Å². The van der Waals surface area contributed by atoms with Gasteiger partial charge in [0.15, 0.2) is 0 Å². The minimum Gasteiger partial charge on any atom is -0.384 e. The van der Waals surface area contributed by atoms with E-state index in [0.717, 1.165) is 12.0 Å². The van der Waals surface area contributed by atoms with Crippen molar-refractivity contribution in [2.24, 2.45) is 14.1 Å². The molecule has 9 heteroatoms. The predicted molar refractivity (Wildman–Crippen MR) is 78.8 cm³/mol. The minimum atomic E-state index is -0.396. The van der Waals surface area contributed by atoms with Gasteiger partial charge in [0.1, 0.15) is 11.5 Å². The molecule has 114 valence electrons. The molecule has 2 aromatic rings. The van der Waals surface area contributed by atoms with Gasteiger partial charge in [-0.15, -0.1) is 0 Å². The number of nitrogens with zero attached hydrogens (tertiary/aromatic N) is 5. The van der Waals surface area contributed by atoms with E-state index < -0.39 is 4.92 Å². The molecule has 9 nitrogen and oxygen atoms in total. The molecule has 0 fully saturated rings. The summed E-state index contributed by atoms with van der Waals surface area (Å²) in [5, 5.41) is 22.6. The fourth-order valence-corrected chi connectivity index (χ4v) is 2.17. The Hall–Kier alpha value is -2.58. The van der Waals surface area contributed by atoms with E-state index >= 15 is 0 Å². The molecule has 0 unspecified atom stereocenters. The lowest BCUT2D eigenvalue weighted by Gasteiger charge is -2.05. The van der Waals surface area contributed by atoms with Crippen molar-refractivity contribution in [3.63, 3.8) is 0 Å². The van der Waals surface area contributed by atoms with Gasteiger partial charge in [0.05, 0.1) is 11.1 Å². The molecular formula is C12H19N7O2. The standard InChI is InChI=1S/C12H19N7O2/c1-4-5-9-10(19(20)21)12(18(3)16-9)14-6-8-7-15-17(2)11(8)13/h7,14H,4-6,13H2,1-3H3. The van der Waals surface area contributed by atoms with E-state index in [-0.39, 0.29) is 5.69 Å². The van der Waals surface area contributed by atoms with Crippen LogP contribution in [0.2, 0.25) is 0 Å². The quantitative estimate of drug-likeness (QED) is 0.610. The minimum absolute atomic E-state index is 0.0295. The zero-order valence-electron chi connectivity index (χ0n) is 12.3. The summed E-state index contributed by atoms with van der Waals surface area (Å²) in [6.07, 6.45) is 3.01. The summed E-state index contributed by atoms with van der Waals surface area (Å²) in [6, 6.07) is 0. The second-order valence-electron chi connectivity index (χ2n) is 4.81. The van der Waals surface area contributed by atoms with Crippen molar-refractivity contribution in [1.29, 1.82) is 0 Å². The number of nitrogens with two attached hydrogens (primary N) is 1. The highest BCUT2D eigenvalue weighted by molar-refractivity contribution is 5.60. The molecule has 0 spiro atoms. The summed E-state index contributed by atoms with van der Waals surface area (Å²) < 4.78 is 3.05. The van der Waals surface area contributed by atoms with Crippen LogP contribution in [0.1, 0.15) is 24.6 Å². The lowest BCUT2D eigenvalue weighted by molar-refractivity contribution is -0.384. The molecule has 0 radical (unpaired) electrons. The first-order chi connectivity index (χ1) is 9.95. The fourth-order valence-electron chi connectivity index (χ4n) is 2.17. The number of hydrogen-bond acceptors (Lipinski definition) is 6. The average molecular weight is 293 g/mol. The van der Waals surface area contributed by atoms with Crippen LogP contribution in [0.5, 0.6) is 0 Å². The van der Waals surface area contributed by atoms with E-state index in [1.54, 1.807) is 25.0 Å². The lowest BCUT2D eigenvalue weighted by Crippen LogP contribution is -2.08. The van der Waals surface area contributed by atoms with E-state index in [0.29, 0.717) is 30.3 Å². The van der Waals surface area contributed by atoms with Crippen LogP contribution in [0.15, 0.2) is 6.20 Å². The molecule has 2 heterocycles. The molecule has 0 atom stereocenters. The second-order valence-corrected chi connectivity index (χ2v) is 4.81. The van der Waals surface area contributed by atoms with Crippen LogP contribution in [-0.4, -0.2) is 24.5 Å². The zero-order valence-corrected chi connectivity index (χ0v) is 12.3. The van der Waals surface area contributed by atoms with Crippen LogP contribution in [0.3, 0.4) is 0 Å². The molecule has 0 saturated carbocycles. The van der Waals surface area contributed by atoms with Gasteiger partial charge in [-0.05, 0) is 6.42 Å². The van der Waals surface area contributed by atoms with Gasteiger partial charge >= 0.3 is 5.69 Å². The molecule has 0 amide bonds. The zero-order chi connectivity index (χ0) is 15.6. The van der Waals surface area contributed by atoms with Crippen molar-refractivity contribution in [2.45, 2.75) is 26.3 Å². The smallest absolute Gasteiger partial charge is 0.334 e. The highest BCUT2D eigenvalue weighted by atomic mass is 16.6. The summed E-state index contributed by atoms with van der Waals surface area (Å²) in [5.41, 5.74) is 7.16. The molecule has 0 aliphatic rings. The van der Waals surface area contributed by atoms with Crippen LogP contribution in [0.4, 0.5) is 17.3 Å². The van der Waals surface area contributed by atoms with Gasteiger partial charge in [-0.2, -0.15) is 10.2 Å². The van der Waals surface area contributed by atoms with Gasteiger partial charge in [-0.3, -0.25) is 14.8 Å². The molecule has 2 rings (SSSR count).